The predicted octanol–water partition coefficient (Wildman–Crippen LogP) is 1.85. The van der Waals surface area contributed by atoms with Gasteiger partial charge in [0.25, 0.3) is 5.91 Å². The lowest BCUT2D eigenvalue weighted by molar-refractivity contribution is -0.141. The van der Waals surface area contributed by atoms with Crippen molar-refractivity contribution in [3.63, 3.8) is 0 Å². The molecule has 0 unspecified atom stereocenters. The Hall–Kier alpha value is -2.02. The number of benzene rings is 1. The van der Waals surface area contributed by atoms with Crippen LogP contribution in [0.5, 0.6) is 0 Å². The van der Waals surface area contributed by atoms with Crippen LogP contribution in [0, 0.1) is 11.7 Å². The van der Waals surface area contributed by atoms with Gasteiger partial charge in [-0.2, -0.15) is 4.99 Å². The quantitative estimate of drug-likeness (QED) is 0.813. The Kier molecular flexibility index (Phi) is 3.59. The van der Waals surface area contributed by atoms with E-state index in [1.165, 1.54) is 29.1 Å². The molecule has 1 amide bonds. The van der Waals surface area contributed by atoms with E-state index in [4.69, 9.17) is 0 Å². The number of rotatable bonds is 3. The summed E-state index contributed by atoms with van der Waals surface area (Å²) in [5.74, 6) is -1.20. The highest BCUT2D eigenvalue weighted by atomic mass is 32.1. The molecule has 0 spiro atoms. The number of thiazole rings is 1. The van der Waals surface area contributed by atoms with Gasteiger partial charge in [-0.3, -0.25) is 9.59 Å². The van der Waals surface area contributed by atoms with Crippen LogP contribution in [0.25, 0.3) is 10.2 Å². The molecule has 5 nitrogen and oxygen atoms in total. The fourth-order valence-electron chi connectivity index (χ4n) is 2.03. The fourth-order valence-corrected chi connectivity index (χ4v) is 3.08. The van der Waals surface area contributed by atoms with E-state index >= 15 is 0 Å². The molecule has 1 fully saturated rings. The van der Waals surface area contributed by atoms with E-state index in [1.54, 1.807) is 12.1 Å². The summed E-state index contributed by atoms with van der Waals surface area (Å²) >= 11 is 1.19. The van der Waals surface area contributed by atoms with Crippen molar-refractivity contribution in [2.75, 3.05) is 7.11 Å². The Morgan fingerprint density at radius 1 is 1.48 bits per heavy atom. The molecule has 1 aromatic carbocycles. The lowest BCUT2D eigenvalue weighted by Crippen LogP contribution is -2.23. The first kappa shape index (κ1) is 13.9. The van der Waals surface area contributed by atoms with Gasteiger partial charge in [0.05, 0.1) is 17.3 Å². The molecule has 21 heavy (non-hydrogen) atoms. The van der Waals surface area contributed by atoms with Crippen molar-refractivity contribution in [3.05, 3.63) is 28.8 Å². The monoisotopic (exact) mass is 308 g/mol. The van der Waals surface area contributed by atoms with Gasteiger partial charge >= 0.3 is 5.97 Å². The van der Waals surface area contributed by atoms with E-state index in [9.17, 15) is 14.0 Å². The van der Waals surface area contributed by atoms with E-state index in [0.29, 0.717) is 9.50 Å². The predicted molar refractivity (Wildman–Crippen MR) is 75.1 cm³/mol. The molecular formula is C14H13FN2O3S. The zero-order chi connectivity index (χ0) is 15.0. The highest BCUT2D eigenvalue weighted by molar-refractivity contribution is 7.16. The first-order valence-electron chi connectivity index (χ1n) is 6.53. The average molecular weight is 308 g/mol. The molecule has 1 heterocycles. The van der Waals surface area contributed by atoms with Gasteiger partial charge in [-0.25, -0.2) is 4.39 Å². The number of methoxy groups -OCH3 is 1. The average Bonchev–Trinajstić information content (AvgIpc) is 3.25. The topological polar surface area (TPSA) is 60.7 Å². The summed E-state index contributed by atoms with van der Waals surface area (Å²) in [7, 11) is 1.26. The van der Waals surface area contributed by atoms with Crippen LogP contribution < -0.4 is 4.80 Å². The van der Waals surface area contributed by atoms with Gasteiger partial charge in [0.1, 0.15) is 12.4 Å². The largest absolute Gasteiger partial charge is 0.468 e. The molecular weight excluding hydrogens is 295 g/mol. The molecule has 0 aliphatic heterocycles. The third kappa shape index (κ3) is 2.73. The maximum atomic E-state index is 14.0. The fraction of sp³-hybridized carbons (Fsp3) is 0.357. The van der Waals surface area contributed by atoms with Crippen LogP contribution in [-0.2, 0) is 20.9 Å². The van der Waals surface area contributed by atoms with E-state index in [0.717, 1.165) is 12.8 Å². The van der Waals surface area contributed by atoms with Gasteiger partial charge in [0, 0.05) is 5.92 Å². The number of halogens is 1. The zero-order valence-corrected chi connectivity index (χ0v) is 12.2. The number of para-hydroxylation sites is 1. The maximum Gasteiger partial charge on any atom is 0.325 e. The Balaban J connectivity index is 2.17. The SMILES string of the molecule is COC(=O)Cn1c(=NC(=O)C2CC2)sc2cccc(F)c21. The second kappa shape index (κ2) is 5.40. The number of carbonyl (C=O) groups excluding carboxylic acids is 2. The molecule has 1 saturated carbocycles. The second-order valence-corrected chi connectivity index (χ2v) is 5.87. The lowest BCUT2D eigenvalue weighted by Gasteiger charge is -2.04. The number of fused-ring (bicyclic) bond motifs is 1. The number of hydrogen-bond acceptors (Lipinski definition) is 4. The van der Waals surface area contributed by atoms with E-state index in [-0.39, 0.29) is 23.9 Å². The summed E-state index contributed by atoms with van der Waals surface area (Å²) in [6, 6.07) is 4.63. The summed E-state index contributed by atoms with van der Waals surface area (Å²) in [6.07, 6.45) is 1.69. The number of aromatic nitrogens is 1. The van der Waals surface area contributed by atoms with Gasteiger partial charge in [-0.1, -0.05) is 17.4 Å². The minimum atomic E-state index is -0.515. The summed E-state index contributed by atoms with van der Waals surface area (Å²) in [5, 5.41) is 0. The maximum absolute atomic E-state index is 14.0. The molecule has 0 radical (unpaired) electrons. The van der Waals surface area contributed by atoms with Crippen molar-refractivity contribution < 1.29 is 18.7 Å². The molecule has 0 bridgehead atoms. The normalized spacial score (nSPS) is 15.4. The first-order chi connectivity index (χ1) is 10.1. The van der Waals surface area contributed by atoms with Crippen LogP contribution in [0.15, 0.2) is 23.2 Å². The molecule has 1 aromatic heterocycles. The Morgan fingerprint density at radius 2 is 2.24 bits per heavy atom. The molecule has 110 valence electrons. The molecule has 0 N–H and O–H groups in total. The van der Waals surface area contributed by atoms with Crippen molar-refractivity contribution in [1.29, 1.82) is 0 Å². The number of esters is 1. The van der Waals surface area contributed by atoms with E-state index < -0.39 is 11.8 Å². The molecule has 0 saturated heterocycles. The second-order valence-electron chi connectivity index (χ2n) is 4.86. The molecule has 2 aromatic rings. The highest BCUT2D eigenvalue weighted by Gasteiger charge is 2.29. The van der Waals surface area contributed by atoms with Crippen molar-refractivity contribution in [3.8, 4) is 0 Å². The van der Waals surface area contributed by atoms with Gasteiger partial charge in [-0.15, -0.1) is 0 Å². The number of amides is 1. The number of ether oxygens (including phenoxy) is 1. The zero-order valence-electron chi connectivity index (χ0n) is 11.3. The third-order valence-corrected chi connectivity index (χ3v) is 4.34. The van der Waals surface area contributed by atoms with E-state index in [2.05, 4.69) is 9.73 Å². The summed E-state index contributed by atoms with van der Waals surface area (Å²) in [5.41, 5.74) is 0.273. The minimum absolute atomic E-state index is 0.0216. The van der Waals surface area contributed by atoms with Crippen LogP contribution in [0.4, 0.5) is 4.39 Å². The molecule has 0 atom stereocenters. The van der Waals surface area contributed by atoms with Crippen molar-refractivity contribution in [2.45, 2.75) is 19.4 Å². The Labute approximate surface area is 123 Å². The van der Waals surface area contributed by atoms with Crippen LogP contribution >= 0.6 is 11.3 Å². The summed E-state index contributed by atoms with van der Waals surface area (Å²) < 4.78 is 20.7. The minimum Gasteiger partial charge on any atom is -0.468 e. The van der Waals surface area contributed by atoms with Crippen molar-refractivity contribution in [2.24, 2.45) is 10.9 Å². The number of carbonyl (C=O) groups is 2. The summed E-state index contributed by atoms with van der Waals surface area (Å²) in [4.78, 5) is 27.8. The Morgan fingerprint density at radius 3 is 2.90 bits per heavy atom. The van der Waals surface area contributed by atoms with Crippen LogP contribution in [-0.4, -0.2) is 23.6 Å². The Bertz CT molecular complexity index is 789. The van der Waals surface area contributed by atoms with Crippen LogP contribution in [0.1, 0.15) is 12.8 Å². The lowest BCUT2D eigenvalue weighted by atomic mass is 10.3. The molecule has 1 aliphatic carbocycles. The number of hydrogen-bond donors (Lipinski definition) is 0. The molecule has 3 rings (SSSR count). The van der Waals surface area contributed by atoms with Crippen molar-refractivity contribution >= 4 is 33.4 Å². The third-order valence-electron chi connectivity index (χ3n) is 3.30. The molecule has 7 heteroatoms. The highest BCUT2D eigenvalue weighted by Crippen LogP contribution is 2.30. The van der Waals surface area contributed by atoms with E-state index in [1.807, 2.05) is 0 Å². The number of nitrogens with zero attached hydrogens (tertiary/aromatic N) is 2. The molecule has 1 aliphatic rings. The van der Waals surface area contributed by atoms with Gasteiger partial charge in [0.15, 0.2) is 4.80 Å². The van der Waals surface area contributed by atoms with Crippen LogP contribution in [0.2, 0.25) is 0 Å². The van der Waals surface area contributed by atoms with Crippen molar-refractivity contribution in [1.82, 2.24) is 4.57 Å². The standard InChI is InChI=1S/C14H13FN2O3S/c1-20-11(18)7-17-12-9(15)3-2-4-10(12)21-14(17)16-13(19)8-5-6-8/h2-4,8H,5-7H2,1H3. The smallest absolute Gasteiger partial charge is 0.325 e. The first-order valence-corrected chi connectivity index (χ1v) is 7.35. The summed E-state index contributed by atoms with van der Waals surface area (Å²) in [6.45, 7) is -0.172. The van der Waals surface area contributed by atoms with Crippen LogP contribution in [0.3, 0.4) is 0 Å². The van der Waals surface area contributed by atoms with Gasteiger partial charge in [-0.05, 0) is 25.0 Å². The van der Waals surface area contributed by atoms with Gasteiger partial charge in [0.2, 0.25) is 0 Å². The van der Waals surface area contributed by atoms with Gasteiger partial charge < -0.3 is 9.30 Å².